The van der Waals surface area contributed by atoms with Crippen molar-refractivity contribution >= 4 is 46.2 Å². The Labute approximate surface area is 160 Å². The molecule has 6 nitrogen and oxygen atoms in total. The number of carbonyl (C=O) groups is 3. The van der Waals surface area contributed by atoms with Crippen LogP contribution in [0, 0.1) is 0 Å². The van der Waals surface area contributed by atoms with E-state index in [1.807, 2.05) is 12.1 Å². The van der Waals surface area contributed by atoms with Crippen molar-refractivity contribution in [2.24, 2.45) is 4.99 Å². The van der Waals surface area contributed by atoms with Crippen LogP contribution in [-0.4, -0.2) is 46.1 Å². The molecule has 0 radical (unpaired) electrons. The van der Waals surface area contributed by atoms with Crippen molar-refractivity contribution in [3.63, 3.8) is 0 Å². The third-order valence-corrected chi connectivity index (χ3v) is 5.48. The van der Waals surface area contributed by atoms with E-state index in [4.69, 9.17) is 16.3 Å². The van der Waals surface area contributed by atoms with Crippen molar-refractivity contribution in [3.05, 3.63) is 46.6 Å². The maximum Gasteiger partial charge on any atom is 0.305 e. The van der Waals surface area contributed by atoms with Crippen LogP contribution in [0.5, 0.6) is 0 Å². The van der Waals surface area contributed by atoms with Crippen LogP contribution in [0.15, 0.2) is 41.0 Å². The number of imide groups is 1. The first kappa shape index (κ1) is 18.7. The number of nitrogens with zero attached hydrogens (tertiary/aromatic N) is 2. The average molecular weight is 393 g/mol. The maximum absolute atomic E-state index is 12.6. The number of likely N-dealkylation sites (tertiary alicyclic amines) is 1. The Kier molecular flexibility index (Phi) is 5.78. The standard InChI is InChI=1S/C18H17ClN2O4S/c1-2-25-14(22)4-3-9-21-17(23)13-10-20-16(26-15(13)18(21)24)11-5-7-12(19)8-6-11/h5-8,10,15H,2-4,9H2,1H3. The molecule has 0 saturated carbocycles. The van der Waals surface area contributed by atoms with Crippen molar-refractivity contribution in [1.82, 2.24) is 4.90 Å². The molecule has 2 aliphatic heterocycles. The summed E-state index contributed by atoms with van der Waals surface area (Å²) >= 11 is 7.15. The fourth-order valence-corrected chi connectivity index (χ4v) is 3.96. The van der Waals surface area contributed by atoms with Gasteiger partial charge in [0.05, 0.1) is 12.2 Å². The maximum atomic E-state index is 12.6. The highest BCUT2D eigenvalue weighted by molar-refractivity contribution is 8.15. The van der Waals surface area contributed by atoms with Crippen LogP contribution >= 0.6 is 23.4 Å². The van der Waals surface area contributed by atoms with E-state index in [1.54, 1.807) is 19.1 Å². The molecule has 1 atom stereocenters. The lowest BCUT2D eigenvalue weighted by Gasteiger charge is -2.15. The zero-order chi connectivity index (χ0) is 18.7. The SMILES string of the molecule is CCOC(=O)CCCN1C(=O)C2=CN=C(c3ccc(Cl)cc3)SC2C1=O. The molecule has 2 heterocycles. The molecule has 1 unspecified atom stereocenters. The number of amides is 2. The summed E-state index contributed by atoms with van der Waals surface area (Å²) in [6, 6.07) is 7.15. The fraction of sp³-hybridized carbons (Fsp3) is 0.333. The van der Waals surface area contributed by atoms with Crippen molar-refractivity contribution in [2.45, 2.75) is 25.0 Å². The average Bonchev–Trinajstić information content (AvgIpc) is 2.87. The second kappa shape index (κ2) is 8.05. The summed E-state index contributed by atoms with van der Waals surface area (Å²) in [6.45, 7) is 2.25. The van der Waals surface area contributed by atoms with Crippen LogP contribution < -0.4 is 0 Å². The molecular weight excluding hydrogens is 376 g/mol. The molecule has 0 aromatic heterocycles. The number of thioether (sulfide) groups is 1. The number of hydrogen-bond acceptors (Lipinski definition) is 6. The van der Waals surface area contributed by atoms with Crippen molar-refractivity contribution < 1.29 is 19.1 Å². The van der Waals surface area contributed by atoms with Gasteiger partial charge in [-0.25, -0.2) is 4.99 Å². The minimum Gasteiger partial charge on any atom is -0.466 e. The normalized spacial score (nSPS) is 19.2. The second-order valence-corrected chi connectivity index (χ2v) is 7.26. The van der Waals surface area contributed by atoms with E-state index in [1.165, 1.54) is 22.9 Å². The summed E-state index contributed by atoms with van der Waals surface area (Å²) in [5, 5.41) is 0.699. The smallest absolute Gasteiger partial charge is 0.305 e. The molecule has 1 fully saturated rings. The number of fused-ring (bicyclic) bond motifs is 1. The molecule has 2 aliphatic rings. The molecule has 0 aliphatic carbocycles. The number of hydrogen-bond donors (Lipinski definition) is 0. The van der Waals surface area contributed by atoms with Crippen LogP contribution in [-0.2, 0) is 19.1 Å². The van der Waals surface area contributed by atoms with E-state index in [0.29, 0.717) is 28.7 Å². The van der Waals surface area contributed by atoms with Gasteiger partial charge in [0.25, 0.3) is 5.91 Å². The largest absolute Gasteiger partial charge is 0.466 e. The Balaban J connectivity index is 1.66. The Morgan fingerprint density at radius 1 is 1.31 bits per heavy atom. The second-order valence-electron chi connectivity index (χ2n) is 5.73. The van der Waals surface area contributed by atoms with Gasteiger partial charge in [-0.15, -0.1) is 0 Å². The molecule has 1 aromatic rings. The summed E-state index contributed by atoms with van der Waals surface area (Å²) in [5.41, 5.74) is 1.23. The summed E-state index contributed by atoms with van der Waals surface area (Å²) in [5.74, 6) is -0.933. The summed E-state index contributed by atoms with van der Waals surface area (Å²) < 4.78 is 4.86. The minimum atomic E-state index is -0.590. The number of rotatable bonds is 6. The highest BCUT2D eigenvalue weighted by Crippen LogP contribution is 2.36. The van der Waals surface area contributed by atoms with Gasteiger partial charge in [-0.2, -0.15) is 0 Å². The van der Waals surface area contributed by atoms with Gasteiger partial charge in [-0.3, -0.25) is 19.3 Å². The molecular formula is C18H17ClN2O4S. The molecule has 0 spiro atoms. The Morgan fingerprint density at radius 2 is 2.04 bits per heavy atom. The van der Waals surface area contributed by atoms with Gasteiger partial charge in [0.15, 0.2) is 0 Å². The first-order valence-corrected chi connectivity index (χ1v) is 9.48. The highest BCUT2D eigenvalue weighted by Gasteiger charge is 2.45. The molecule has 1 saturated heterocycles. The lowest BCUT2D eigenvalue weighted by Crippen LogP contribution is -2.32. The van der Waals surface area contributed by atoms with E-state index in [2.05, 4.69) is 4.99 Å². The number of esters is 1. The molecule has 0 N–H and O–H groups in total. The Morgan fingerprint density at radius 3 is 2.73 bits per heavy atom. The highest BCUT2D eigenvalue weighted by atomic mass is 35.5. The van der Waals surface area contributed by atoms with Crippen molar-refractivity contribution in [2.75, 3.05) is 13.2 Å². The van der Waals surface area contributed by atoms with E-state index < -0.39 is 5.25 Å². The van der Waals surface area contributed by atoms with Crippen LogP contribution in [0.3, 0.4) is 0 Å². The van der Waals surface area contributed by atoms with Crippen LogP contribution in [0.2, 0.25) is 5.02 Å². The van der Waals surface area contributed by atoms with E-state index in [0.717, 1.165) is 5.56 Å². The number of benzene rings is 1. The summed E-state index contributed by atoms with van der Waals surface area (Å²) in [4.78, 5) is 42.0. The molecule has 26 heavy (non-hydrogen) atoms. The Bertz CT molecular complexity index is 804. The van der Waals surface area contributed by atoms with Gasteiger partial charge in [-0.05, 0) is 25.5 Å². The molecule has 8 heteroatoms. The number of ether oxygens (including phenoxy) is 1. The third kappa shape index (κ3) is 3.83. The number of aliphatic imine (C=N–C) groups is 1. The lowest BCUT2D eigenvalue weighted by molar-refractivity contribution is -0.144. The molecule has 2 amide bonds. The quantitative estimate of drug-likeness (QED) is 0.549. The van der Waals surface area contributed by atoms with E-state index in [9.17, 15) is 14.4 Å². The summed E-state index contributed by atoms with van der Waals surface area (Å²) in [6.07, 6.45) is 2.02. The van der Waals surface area contributed by atoms with E-state index in [-0.39, 0.29) is 30.7 Å². The lowest BCUT2D eigenvalue weighted by atomic mass is 10.2. The van der Waals surface area contributed by atoms with E-state index >= 15 is 0 Å². The van der Waals surface area contributed by atoms with Gasteiger partial charge >= 0.3 is 5.97 Å². The number of halogens is 1. The third-order valence-electron chi connectivity index (χ3n) is 3.97. The number of carbonyl (C=O) groups excluding carboxylic acids is 3. The summed E-state index contributed by atoms with van der Waals surface area (Å²) in [7, 11) is 0. The van der Waals surface area contributed by atoms with Crippen LogP contribution in [0.25, 0.3) is 0 Å². The molecule has 0 bridgehead atoms. The first-order chi connectivity index (χ1) is 12.5. The van der Waals surface area contributed by atoms with Gasteiger partial charge in [0, 0.05) is 29.8 Å². The molecule has 1 aromatic carbocycles. The molecule has 3 rings (SSSR count). The predicted octanol–water partition coefficient (Wildman–Crippen LogP) is 2.80. The molecule has 136 valence electrons. The Hall–Kier alpha value is -2.12. The minimum absolute atomic E-state index is 0.175. The van der Waals surface area contributed by atoms with Gasteiger partial charge in [-0.1, -0.05) is 35.5 Å². The topological polar surface area (TPSA) is 76.0 Å². The first-order valence-electron chi connectivity index (χ1n) is 8.23. The van der Waals surface area contributed by atoms with Crippen LogP contribution in [0.1, 0.15) is 25.3 Å². The van der Waals surface area contributed by atoms with Crippen LogP contribution in [0.4, 0.5) is 0 Å². The zero-order valence-corrected chi connectivity index (χ0v) is 15.7. The van der Waals surface area contributed by atoms with Gasteiger partial charge in [0.1, 0.15) is 10.3 Å². The van der Waals surface area contributed by atoms with Crippen molar-refractivity contribution in [1.29, 1.82) is 0 Å². The van der Waals surface area contributed by atoms with Gasteiger partial charge < -0.3 is 4.74 Å². The zero-order valence-electron chi connectivity index (χ0n) is 14.1. The fourth-order valence-electron chi connectivity index (χ4n) is 2.71. The monoisotopic (exact) mass is 392 g/mol. The van der Waals surface area contributed by atoms with Crippen molar-refractivity contribution in [3.8, 4) is 0 Å². The van der Waals surface area contributed by atoms with Gasteiger partial charge in [0.2, 0.25) is 5.91 Å². The predicted molar refractivity (Wildman–Crippen MR) is 100 cm³/mol.